The molecular weight excluding hydrogens is 306 g/mol. The molecule has 0 bridgehead atoms. The van der Waals surface area contributed by atoms with Crippen molar-refractivity contribution in [2.75, 3.05) is 14.2 Å². The molecule has 0 heterocycles. The highest BCUT2D eigenvalue weighted by atomic mass is 79.9. The van der Waals surface area contributed by atoms with E-state index in [-0.39, 0.29) is 10.9 Å². The van der Waals surface area contributed by atoms with Crippen LogP contribution >= 0.6 is 15.9 Å². The van der Waals surface area contributed by atoms with Gasteiger partial charge in [-0.1, -0.05) is 0 Å². The first-order chi connectivity index (χ1) is 7.96. The molecular formula is C11H14BrNO3S. The van der Waals surface area contributed by atoms with Gasteiger partial charge in [0.05, 0.1) is 16.5 Å². The van der Waals surface area contributed by atoms with Crippen LogP contribution in [-0.4, -0.2) is 32.9 Å². The molecule has 1 aliphatic carbocycles. The maximum atomic E-state index is 12.2. The molecule has 1 aromatic carbocycles. The van der Waals surface area contributed by atoms with E-state index in [1.165, 1.54) is 17.5 Å². The summed E-state index contributed by atoms with van der Waals surface area (Å²) in [5.41, 5.74) is 0. The SMILES string of the molecule is COc1cc(S(=O)(=O)N(C)C2CC2)ccc1Br. The molecule has 0 saturated heterocycles. The molecule has 0 radical (unpaired) electrons. The Morgan fingerprint density at radius 3 is 2.59 bits per heavy atom. The molecule has 0 N–H and O–H groups in total. The van der Waals surface area contributed by atoms with E-state index in [1.807, 2.05) is 0 Å². The summed E-state index contributed by atoms with van der Waals surface area (Å²) in [7, 11) is -0.251. The van der Waals surface area contributed by atoms with Crippen LogP contribution in [0.15, 0.2) is 27.6 Å². The van der Waals surface area contributed by atoms with Crippen molar-refractivity contribution in [3.05, 3.63) is 22.7 Å². The molecule has 6 heteroatoms. The van der Waals surface area contributed by atoms with Crippen LogP contribution in [0.1, 0.15) is 12.8 Å². The third-order valence-electron chi connectivity index (χ3n) is 2.86. The highest BCUT2D eigenvalue weighted by Crippen LogP contribution is 2.33. The molecule has 0 spiro atoms. The second-order valence-electron chi connectivity index (χ2n) is 4.05. The largest absolute Gasteiger partial charge is 0.496 e. The van der Waals surface area contributed by atoms with Gasteiger partial charge in [-0.25, -0.2) is 8.42 Å². The highest BCUT2D eigenvalue weighted by Gasteiger charge is 2.35. The summed E-state index contributed by atoms with van der Waals surface area (Å²) in [4.78, 5) is 0.270. The van der Waals surface area contributed by atoms with Crippen LogP contribution in [-0.2, 0) is 10.0 Å². The minimum Gasteiger partial charge on any atom is -0.496 e. The van der Waals surface area contributed by atoms with Gasteiger partial charge in [0, 0.05) is 19.2 Å². The number of ether oxygens (including phenoxy) is 1. The lowest BCUT2D eigenvalue weighted by atomic mass is 10.3. The van der Waals surface area contributed by atoms with Gasteiger partial charge in [0.2, 0.25) is 10.0 Å². The molecule has 1 fully saturated rings. The Bertz CT molecular complexity index is 526. The molecule has 2 rings (SSSR count). The predicted octanol–water partition coefficient (Wildman–Crippen LogP) is 2.24. The third kappa shape index (κ3) is 2.48. The standard InChI is InChI=1S/C11H14BrNO3S/c1-13(8-3-4-8)17(14,15)9-5-6-10(12)11(7-9)16-2/h5-8H,3-4H2,1-2H3. The van der Waals surface area contributed by atoms with Crippen LogP contribution in [0.3, 0.4) is 0 Å². The molecule has 94 valence electrons. The van der Waals surface area contributed by atoms with Gasteiger partial charge in [0.1, 0.15) is 5.75 Å². The van der Waals surface area contributed by atoms with E-state index >= 15 is 0 Å². The van der Waals surface area contributed by atoms with Gasteiger partial charge in [0.15, 0.2) is 0 Å². The zero-order valence-corrected chi connectivity index (χ0v) is 12.1. The Morgan fingerprint density at radius 1 is 1.41 bits per heavy atom. The highest BCUT2D eigenvalue weighted by molar-refractivity contribution is 9.10. The topological polar surface area (TPSA) is 46.6 Å². The first-order valence-electron chi connectivity index (χ1n) is 5.28. The van der Waals surface area contributed by atoms with E-state index in [9.17, 15) is 8.42 Å². The van der Waals surface area contributed by atoms with E-state index in [0.717, 1.165) is 17.3 Å². The number of benzene rings is 1. The average molecular weight is 320 g/mol. The van der Waals surface area contributed by atoms with E-state index in [4.69, 9.17) is 4.74 Å². The van der Waals surface area contributed by atoms with Crippen LogP contribution in [0.4, 0.5) is 0 Å². The van der Waals surface area contributed by atoms with E-state index in [0.29, 0.717) is 5.75 Å². The normalized spacial score (nSPS) is 16.2. The summed E-state index contributed by atoms with van der Waals surface area (Å²) in [6, 6.07) is 4.97. The quantitative estimate of drug-likeness (QED) is 0.855. The third-order valence-corrected chi connectivity index (χ3v) is 5.42. The summed E-state index contributed by atoms with van der Waals surface area (Å²) >= 11 is 3.30. The van der Waals surface area contributed by atoms with E-state index in [2.05, 4.69) is 15.9 Å². The number of hydrogen-bond acceptors (Lipinski definition) is 3. The Morgan fingerprint density at radius 2 is 2.06 bits per heavy atom. The maximum absolute atomic E-state index is 12.2. The van der Waals surface area contributed by atoms with Crippen molar-refractivity contribution in [2.45, 2.75) is 23.8 Å². The molecule has 4 nitrogen and oxygen atoms in total. The number of hydrogen-bond donors (Lipinski definition) is 0. The van der Waals surface area contributed by atoms with E-state index < -0.39 is 10.0 Å². The number of rotatable bonds is 4. The second-order valence-corrected chi connectivity index (χ2v) is 6.90. The Labute approximate surface area is 110 Å². The van der Waals surface area contributed by atoms with Crippen molar-refractivity contribution in [1.82, 2.24) is 4.31 Å². The summed E-state index contributed by atoms with van der Waals surface area (Å²) in [6.07, 6.45) is 1.90. The first kappa shape index (κ1) is 12.9. The second kappa shape index (κ2) is 4.59. The summed E-state index contributed by atoms with van der Waals surface area (Å²) < 4.78 is 31.8. The van der Waals surface area contributed by atoms with Gasteiger partial charge in [-0.3, -0.25) is 0 Å². The zero-order valence-electron chi connectivity index (χ0n) is 9.68. The molecule has 0 aromatic heterocycles. The fourth-order valence-electron chi connectivity index (χ4n) is 1.60. The fourth-order valence-corrected chi connectivity index (χ4v) is 3.44. The molecule has 0 atom stereocenters. The molecule has 0 amide bonds. The van der Waals surface area contributed by atoms with Gasteiger partial charge in [-0.15, -0.1) is 0 Å². The van der Waals surface area contributed by atoms with Gasteiger partial charge in [0.25, 0.3) is 0 Å². The molecule has 0 aliphatic heterocycles. The first-order valence-corrected chi connectivity index (χ1v) is 7.51. The summed E-state index contributed by atoms with van der Waals surface area (Å²) in [5.74, 6) is 0.523. The van der Waals surface area contributed by atoms with Crippen molar-refractivity contribution in [3.8, 4) is 5.75 Å². The number of sulfonamides is 1. The zero-order chi connectivity index (χ0) is 12.6. The lowest BCUT2D eigenvalue weighted by molar-refractivity contribution is 0.410. The Kier molecular flexibility index (Phi) is 3.47. The predicted molar refractivity (Wildman–Crippen MR) is 68.7 cm³/mol. The van der Waals surface area contributed by atoms with Gasteiger partial charge < -0.3 is 4.74 Å². The number of methoxy groups -OCH3 is 1. The van der Waals surface area contributed by atoms with E-state index in [1.54, 1.807) is 19.2 Å². The molecule has 1 aromatic rings. The molecule has 0 unspecified atom stereocenters. The average Bonchev–Trinajstić information content (AvgIpc) is 3.12. The maximum Gasteiger partial charge on any atom is 0.243 e. The Balaban J connectivity index is 2.38. The van der Waals surface area contributed by atoms with Crippen LogP contribution in [0.25, 0.3) is 0 Å². The van der Waals surface area contributed by atoms with Crippen LogP contribution in [0.5, 0.6) is 5.75 Å². The molecule has 17 heavy (non-hydrogen) atoms. The van der Waals surface area contributed by atoms with Crippen molar-refractivity contribution < 1.29 is 13.2 Å². The summed E-state index contributed by atoms with van der Waals surface area (Å²) in [5, 5.41) is 0. The monoisotopic (exact) mass is 319 g/mol. The van der Waals surface area contributed by atoms with Gasteiger partial charge in [-0.2, -0.15) is 4.31 Å². The number of halogens is 1. The minimum absolute atomic E-state index is 0.162. The number of nitrogens with zero attached hydrogens (tertiary/aromatic N) is 1. The molecule has 1 aliphatic rings. The van der Waals surface area contributed by atoms with Gasteiger partial charge >= 0.3 is 0 Å². The minimum atomic E-state index is -3.39. The van der Waals surface area contributed by atoms with Crippen molar-refractivity contribution in [2.24, 2.45) is 0 Å². The lowest BCUT2D eigenvalue weighted by Gasteiger charge is -2.17. The van der Waals surface area contributed by atoms with Crippen LogP contribution in [0.2, 0.25) is 0 Å². The summed E-state index contributed by atoms with van der Waals surface area (Å²) in [6.45, 7) is 0. The van der Waals surface area contributed by atoms with Crippen LogP contribution < -0.4 is 4.74 Å². The van der Waals surface area contributed by atoms with Crippen molar-refractivity contribution in [3.63, 3.8) is 0 Å². The molecule has 1 saturated carbocycles. The van der Waals surface area contributed by atoms with Crippen LogP contribution in [0, 0.1) is 0 Å². The fraction of sp³-hybridized carbons (Fsp3) is 0.455. The smallest absolute Gasteiger partial charge is 0.243 e. The van der Waals surface area contributed by atoms with Crippen molar-refractivity contribution in [1.29, 1.82) is 0 Å². The van der Waals surface area contributed by atoms with Gasteiger partial charge in [-0.05, 0) is 40.9 Å². The Hall–Kier alpha value is -0.590. The lowest BCUT2D eigenvalue weighted by Crippen LogP contribution is -2.28. The van der Waals surface area contributed by atoms with Crippen molar-refractivity contribution >= 4 is 26.0 Å².